The maximum absolute atomic E-state index is 11.9. The van der Waals surface area contributed by atoms with Crippen molar-refractivity contribution < 1.29 is 9.53 Å². The molecule has 21 heavy (non-hydrogen) atoms. The standard InChI is InChI=1S/C17H20N2O2/c1-11-5-7-14(9-12(11)2)21-16-8-6-13(10-15(16)18)17(20)19(3)4/h5-10H,18H2,1-4H3. The molecule has 0 fully saturated rings. The Morgan fingerprint density at radius 3 is 2.33 bits per heavy atom. The van der Waals surface area contributed by atoms with Crippen molar-refractivity contribution in [2.75, 3.05) is 19.8 Å². The molecule has 4 heteroatoms. The van der Waals surface area contributed by atoms with E-state index in [1.165, 1.54) is 10.5 Å². The van der Waals surface area contributed by atoms with Crippen LogP contribution in [0.3, 0.4) is 0 Å². The number of nitrogens with two attached hydrogens (primary N) is 1. The van der Waals surface area contributed by atoms with Crippen molar-refractivity contribution in [3.05, 3.63) is 53.1 Å². The maximum Gasteiger partial charge on any atom is 0.253 e. The topological polar surface area (TPSA) is 55.6 Å². The molecule has 0 radical (unpaired) electrons. The number of carbonyl (C=O) groups excluding carboxylic acids is 1. The largest absolute Gasteiger partial charge is 0.455 e. The highest BCUT2D eigenvalue weighted by atomic mass is 16.5. The van der Waals surface area contributed by atoms with E-state index in [-0.39, 0.29) is 5.91 Å². The number of benzene rings is 2. The number of ether oxygens (including phenoxy) is 1. The van der Waals surface area contributed by atoms with Gasteiger partial charge in [-0.05, 0) is 55.3 Å². The van der Waals surface area contributed by atoms with Crippen LogP contribution in [0.1, 0.15) is 21.5 Å². The Morgan fingerprint density at radius 1 is 1.05 bits per heavy atom. The van der Waals surface area contributed by atoms with Gasteiger partial charge in [0, 0.05) is 19.7 Å². The summed E-state index contributed by atoms with van der Waals surface area (Å²) in [6.07, 6.45) is 0. The monoisotopic (exact) mass is 284 g/mol. The summed E-state index contributed by atoms with van der Waals surface area (Å²) in [5.74, 6) is 1.20. The van der Waals surface area contributed by atoms with Crippen LogP contribution in [0.4, 0.5) is 5.69 Å². The van der Waals surface area contributed by atoms with Crippen LogP contribution >= 0.6 is 0 Å². The molecule has 0 saturated carbocycles. The van der Waals surface area contributed by atoms with Gasteiger partial charge >= 0.3 is 0 Å². The summed E-state index contributed by atoms with van der Waals surface area (Å²) in [5.41, 5.74) is 9.34. The molecule has 0 unspecified atom stereocenters. The summed E-state index contributed by atoms with van der Waals surface area (Å²) in [6.45, 7) is 4.08. The van der Waals surface area contributed by atoms with E-state index >= 15 is 0 Å². The molecule has 0 bridgehead atoms. The van der Waals surface area contributed by atoms with E-state index < -0.39 is 0 Å². The van der Waals surface area contributed by atoms with Crippen LogP contribution in [0, 0.1) is 13.8 Å². The molecule has 2 N–H and O–H groups in total. The molecule has 0 aliphatic rings. The quantitative estimate of drug-likeness (QED) is 0.879. The second-order valence-corrected chi connectivity index (χ2v) is 5.30. The zero-order valence-electron chi connectivity index (χ0n) is 12.8. The van der Waals surface area contributed by atoms with Gasteiger partial charge in [-0.15, -0.1) is 0 Å². The zero-order valence-corrected chi connectivity index (χ0v) is 12.8. The third-order valence-corrected chi connectivity index (χ3v) is 3.37. The van der Waals surface area contributed by atoms with E-state index in [2.05, 4.69) is 6.92 Å². The summed E-state index contributed by atoms with van der Waals surface area (Å²) < 4.78 is 5.79. The molecular formula is C17H20N2O2. The number of hydrogen-bond donors (Lipinski definition) is 1. The number of aryl methyl sites for hydroxylation is 2. The van der Waals surface area contributed by atoms with Crippen molar-refractivity contribution in [2.24, 2.45) is 0 Å². The lowest BCUT2D eigenvalue weighted by molar-refractivity contribution is 0.0827. The van der Waals surface area contributed by atoms with Gasteiger partial charge in [-0.1, -0.05) is 6.07 Å². The number of nitrogens with zero attached hydrogens (tertiary/aromatic N) is 1. The van der Waals surface area contributed by atoms with Crippen LogP contribution in [-0.4, -0.2) is 24.9 Å². The molecule has 2 aromatic rings. The van der Waals surface area contributed by atoms with E-state index in [0.717, 1.165) is 11.3 Å². The van der Waals surface area contributed by atoms with Crippen molar-refractivity contribution in [3.8, 4) is 11.5 Å². The molecule has 110 valence electrons. The van der Waals surface area contributed by atoms with E-state index in [0.29, 0.717) is 17.0 Å². The van der Waals surface area contributed by atoms with Gasteiger partial charge in [0.2, 0.25) is 0 Å². The molecular weight excluding hydrogens is 264 g/mol. The highest BCUT2D eigenvalue weighted by Crippen LogP contribution is 2.29. The summed E-state index contributed by atoms with van der Waals surface area (Å²) in [7, 11) is 3.41. The molecule has 2 aromatic carbocycles. The fourth-order valence-electron chi connectivity index (χ4n) is 1.94. The van der Waals surface area contributed by atoms with Crippen molar-refractivity contribution in [3.63, 3.8) is 0 Å². The average molecular weight is 284 g/mol. The minimum absolute atomic E-state index is 0.0839. The molecule has 4 nitrogen and oxygen atoms in total. The minimum Gasteiger partial charge on any atom is -0.455 e. The van der Waals surface area contributed by atoms with Gasteiger partial charge in [-0.25, -0.2) is 0 Å². The Kier molecular flexibility index (Phi) is 4.17. The zero-order chi connectivity index (χ0) is 15.6. The Morgan fingerprint density at radius 2 is 1.76 bits per heavy atom. The highest BCUT2D eigenvalue weighted by Gasteiger charge is 2.11. The predicted molar refractivity (Wildman–Crippen MR) is 84.9 cm³/mol. The van der Waals surface area contributed by atoms with Crippen LogP contribution in [-0.2, 0) is 0 Å². The fraction of sp³-hybridized carbons (Fsp3) is 0.235. The maximum atomic E-state index is 11.9. The van der Waals surface area contributed by atoms with Crippen LogP contribution in [0.25, 0.3) is 0 Å². The smallest absolute Gasteiger partial charge is 0.253 e. The van der Waals surface area contributed by atoms with Crippen molar-refractivity contribution >= 4 is 11.6 Å². The summed E-state index contributed by atoms with van der Waals surface area (Å²) in [5, 5.41) is 0. The fourth-order valence-corrected chi connectivity index (χ4v) is 1.94. The normalized spacial score (nSPS) is 10.3. The van der Waals surface area contributed by atoms with Gasteiger partial charge in [-0.3, -0.25) is 4.79 Å². The first-order valence-electron chi connectivity index (χ1n) is 6.75. The Hall–Kier alpha value is -2.49. The van der Waals surface area contributed by atoms with E-state index in [1.54, 1.807) is 32.3 Å². The molecule has 0 spiro atoms. The van der Waals surface area contributed by atoms with Crippen LogP contribution in [0.2, 0.25) is 0 Å². The Labute approximate surface area is 125 Å². The second-order valence-electron chi connectivity index (χ2n) is 5.30. The molecule has 0 aliphatic carbocycles. The molecule has 1 amide bonds. The van der Waals surface area contributed by atoms with Gasteiger partial charge in [0.15, 0.2) is 0 Å². The highest BCUT2D eigenvalue weighted by molar-refractivity contribution is 5.95. The predicted octanol–water partition coefficient (Wildman–Crippen LogP) is 3.38. The minimum atomic E-state index is -0.0839. The van der Waals surface area contributed by atoms with E-state index in [1.807, 2.05) is 25.1 Å². The van der Waals surface area contributed by atoms with Gasteiger partial charge in [0.1, 0.15) is 11.5 Å². The number of rotatable bonds is 3. The van der Waals surface area contributed by atoms with Crippen molar-refractivity contribution in [2.45, 2.75) is 13.8 Å². The van der Waals surface area contributed by atoms with Crippen molar-refractivity contribution in [1.82, 2.24) is 4.90 Å². The number of carbonyl (C=O) groups is 1. The molecule has 0 heterocycles. The second kappa shape index (κ2) is 5.87. The van der Waals surface area contributed by atoms with Crippen LogP contribution < -0.4 is 10.5 Å². The molecule has 0 atom stereocenters. The summed E-state index contributed by atoms with van der Waals surface area (Å²) >= 11 is 0. The summed E-state index contributed by atoms with van der Waals surface area (Å²) in [4.78, 5) is 13.4. The third kappa shape index (κ3) is 3.34. The van der Waals surface area contributed by atoms with Crippen molar-refractivity contribution in [1.29, 1.82) is 0 Å². The first-order chi connectivity index (χ1) is 9.88. The first kappa shape index (κ1) is 14.9. The van der Waals surface area contributed by atoms with Gasteiger partial charge < -0.3 is 15.4 Å². The first-order valence-corrected chi connectivity index (χ1v) is 6.75. The van der Waals surface area contributed by atoms with Crippen LogP contribution in [0.5, 0.6) is 11.5 Å². The van der Waals surface area contributed by atoms with Gasteiger partial charge in [0.25, 0.3) is 5.91 Å². The van der Waals surface area contributed by atoms with E-state index in [4.69, 9.17) is 10.5 Å². The lowest BCUT2D eigenvalue weighted by Crippen LogP contribution is -2.21. The number of hydrogen-bond acceptors (Lipinski definition) is 3. The van der Waals surface area contributed by atoms with Gasteiger partial charge in [0.05, 0.1) is 5.69 Å². The third-order valence-electron chi connectivity index (χ3n) is 3.37. The molecule has 0 aromatic heterocycles. The SMILES string of the molecule is Cc1ccc(Oc2ccc(C(=O)N(C)C)cc2N)cc1C. The van der Waals surface area contributed by atoms with Gasteiger partial charge in [-0.2, -0.15) is 0 Å². The molecule has 0 aliphatic heterocycles. The number of anilines is 1. The Bertz CT molecular complexity index is 678. The lowest BCUT2D eigenvalue weighted by Gasteiger charge is -2.13. The molecule has 0 saturated heterocycles. The number of nitrogen functional groups attached to an aromatic ring is 1. The lowest BCUT2D eigenvalue weighted by atomic mass is 10.1. The van der Waals surface area contributed by atoms with E-state index in [9.17, 15) is 4.79 Å². The summed E-state index contributed by atoms with van der Waals surface area (Å²) in [6, 6.07) is 11.0. The van der Waals surface area contributed by atoms with Crippen LogP contribution in [0.15, 0.2) is 36.4 Å². The average Bonchev–Trinajstić information content (AvgIpc) is 2.44. The number of amides is 1. The Balaban J connectivity index is 2.25. The molecule has 2 rings (SSSR count).